The lowest BCUT2D eigenvalue weighted by molar-refractivity contribution is -0.122. The van der Waals surface area contributed by atoms with Gasteiger partial charge in [0.1, 0.15) is 24.0 Å². The van der Waals surface area contributed by atoms with Crippen LogP contribution in [0.4, 0.5) is 4.79 Å². The van der Waals surface area contributed by atoms with Crippen LogP contribution in [-0.4, -0.2) is 30.7 Å². The molecule has 6 heteroatoms. The van der Waals surface area contributed by atoms with E-state index in [1.165, 1.54) is 7.05 Å². The lowest BCUT2D eigenvalue weighted by atomic mass is 10.1. The standard InChI is InChI=1S/C24H30N2O4/c1-24(2,3)30-23(28)26-20(22(27)25-4)15-10-14-19-13-8-9-16-21(19)29-17-18-11-6-5-7-12-18/h5-14,16,20H,15,17H2,1-4H3,(H,25,27)(H,26,28)/b14-10+/t20-/m0/s1. The monoisotopic (exact) mass is 410 g/mol. The summed E-state index contributed by atoms with van der Waals surface area (Å²) >= 11 is 0. The van der Waals surface area contributed by atoms with Crippen molar-refractivity contribution >= 4 is 18.1 Å². The minimum Gasteiger partial charge on any atom is -0.488 e. The lowest BCUT2D eigenvalue weighted by Gasteiger charge is -2.22. The zero-order valence-electron chi connectivity index (χ0n) is 18.0. The predicted molar refractivity (Wildman–Crippen MR) is 118 cm³/mol. The van der Waals surface area contributed by atoms with Crippen LogP contribution in [0, 0.1) is 0 Å². The SMILES string of the molecule is CNC(=O)[C@H](C/C=C/c1ccccc1OCc1ccccc1)NC(=O)OC(C)(C)C. The van der Waals surface area contributed by atoms with Gasteiger partial charge in [-0.2, -0.15) is 0 Å². The van der Waals surface area contributed by atoms with Gasteiger partial charge in [-0.3, -0.25) is 4.79 Å². The van der Waals surface area contributed by atoms with Crippen LogP contribution in [0.2, 0.25) is 0 Å². The Balaban J connectivity index is 2.02. The molecule has 2 amide bonds. The maximum Gasteiger partial charge on any atom is 0.408 e. The minimum absolute atomic E-state index is 0.292. The summed E-state index contributed by atoms with van der Waals surface area (Å²) in [6.45, 7) is 5.78. The summed E-state index contributed by atoms with van der Waals surface area (Å²) in [6, 6.07) is 16.9. The molecule has 6 nitrogen and oxygen atoms in total. The van der Waals surface area contributed by atoms with Crippen molar-refractivity contribution in [2.45, 2.75) is 45.4 Å². The Bertz CT molecular complexity index is 857. The average molecular weight is 411 g/mol. The number of likely N-dealkylation sites (N-methyl/N-ethyl adjacent to an activating group) is 1. The number of amides is 2. The number of alkyl carbamates (subject to hydrolysis) is 1. The van der Waals surface area contributed by atoms with Gasteiger partial charge in [-0.15, -0.1) is 0 Å². The lowest BCUT2D eigenvalue weighted by Crippen LogP contribution is -2.47. The first-order valence-corrected chi connectivity index (χ1v) is 9.92. The third-order valence-corrected chi connectivity index (χ3v) is 4.08. The smallest absolute Gasteiger partial charge is 0.408 e. The Morgan fingerprint density at radius 2 is 1.70 bits per heavy atom. The van der Waals surface area contributed by atoms with Crippen molar-refractivity contribution in [1.29, 1.82) is 0 Å². The fraction of sp³-hybridized carbons (Fsp3) is 0.333. The molecule has 2 N–H and O–H groups in total. The molecule has 0 heterocycles. The minimum atomic E-state index is -0.738. The molecule has 0 saturated carbocycles. The second-order valence-corrected chi connectivity index (χ2v) is 7.76. The van der Waals surface area contributed by atoms with Crippen LogP contribution < -0.4 is 15.4 Å². The van der Waals surface area contributed by atoms with Crippen LogP contribution in [0.5, 0.6) is 5.75 Å². The number of para-hydroxylation sites is 1. The molecule has 30 heavy (non-hydrogen) atoms. The molecule has 0 radical (unpaired) electrons. The molecule has 0 spiro atoms. The third kappa shape index (κ3) is 7.99. The summed E-state index contributed by atoms with van der Waals surface area (Å²) in [5.74, 6) is 0.452. The molecule has 1 atom stereocenters. The summed E-state index contributed by atoms with van der Waals surface area (Å²) < 4.78 is 11.2. The Kier molecular flexibility index (Phi) is 8.47. The molecule has 0 aliphatic rings. The van der Waals surface area contributed by atoms with Gasteiger partial charge in [0.15, 0.2) is 0 Å². The molecule has 0 unspecified atom stereocenters. The molecule has 0 aromatic heterocycles. The second kappa shape index (κ2) is 11.0. The van der Waals surface area contributed by atoms with E-state index in [-0.39, 0.29) is 5.91 Å². The van der Waals surface area contributed by atoms with E-state index < -0.39 is 17.7 Å². The third-order valence-electron chi connectivity index (χ3n) is 4.08. The highest BCUT2D eigenvalue weighted by Crippen LogP contribution is 2.21. The second-order valence-electron chi connectivity index (χ2n) is 7.76. The number of ether oxygens (including phenoxy) is 2. The van der Waals surface area contributed by atoms with Gasteiger partial charge in [0.2, 0.25) is 5.91 Å². The van der Waals surface area contributed by atoms with Crippen LogP contribution in [-0.2, 0) is 16.1 Å². The number of benzene rings is 2. The van der Waals surface area contributed by atoms with Crippen molar-refractivity contribution in [1.82, 2.24) is 10.6 Å². The normalized spacial score (nSPS) is 12.3. The largest absolute Gasteiger partial charge is 0.488 e. The highest BCUT2D eigenvalue weighted by Gasteiger charge is 2.22. The summed E-state index contributed by atoms with van der Waals surface area (Å²) in [4.78, 5) is 24.2. The van der Waals surface area contributed by atoms with Gasteiger partial charge in [-0.1, -0.05) is 60.7 Å². The van der Waals surface area contributed by atoms with Crippen molar-refractivity contribution < 1.29 is 19.1 Å². The maximum atomic E-state index is 12.1. The molecule has 0 aliphatic heterocycles. The molecular formula is C24H30N2O4. The van der Waals surface area contributed by atoms with Gasteiger partial charge >= 0.3 is 6.09 Å². The molecule has 0 fully saturated rings. The van der Waals surface area contributed by atoms with Gasteiger partial charge in [0, 0.05) is 12.6 Å². The van der Waals surface area contributed by atoms with Crippen LogP contribution in [0.1, 0.15) is 38.3 Å². The maximum absolute atomic E-state index is 12.1. The molecular weight excluding hydrogens is 380 g/mol. The van der Waals surface area contributed by atoms with Crippen LogP contribution in [0.25, 0.3) is 6.08 Å². The number of hydrogen-bond acceptors (Lipinski definition) is 4. The number of carbonyl (C=O) groups is 2. The predicted octanol–water partition coefficient (Wildman–Crippen LogP) is 4.31. The topological polar surface area (TPSA) is 76.7 Å². The molecule has 2 aromatic carbocycles. The van der Waals surface area contributed by atoms with E-state index in [2.05, 4.69) is 10.6 Å². The van der Waals surface area contributed by atoms with Gasteiger partial charge in [0.05, 0.1) is 0 Å². The van der Waals surface area contributed by atoms with E-state index in [0.29, 0.717) is 13.0 Å². The van der Waals surface area contributed by atoms with Crippen molar-refractivity contribution in [2.75, 3.05) is 7.05 Å². The molecule has 2 rings (SSSR count). The van der Waals surface area contributed by atoms with Crippen LogP contribution in [0.3, 0.4) is 0 Å². The molecule has 0 saturated heterocycles. The first-order chi connectivity index (χ1) is 14.3. The molecule has 160 valence electrons. The summed E-state index contributed by atoms with van der Waals surface area (Å²) in [7, 11) is 1.53. The number of hydrogen-bond donors (Lipinski definition) is 2. The highest BCUT2D eigenvalue weighted by molar-refractivity contribution is 5.85. The van der Waals surface area contributed by atoms with Gasteiger partial charge in [-0.05, 0) is 38.8 Å². The van der Waals surface area contributed by atoms with Crippen molar-refractivity contribution in [3.05, 3.63) is 71.8 Å². The van der Waals surface area contributed by atoms with E-state index in [1.807, 2.05) is 66.7 Å². The fourth-order valence-electron chi connectivity index (χ4n) is 2.67. The van der Waals surface area contributed by atoms with Crippen molar-refractivity contribution in [2.24, 2.45) is 0 Å². The van der Waals surface area contributed by atoms with Crippen LogP contribution in [0.15, 0.2) is 60.7 Å². The Labute approximate surface area is 178 Å². The zero-order chi connectivity index (χ0) is 22.0. The summed E-state index contributed by atoms with van der Waals surface area (Å²) in [6.07, 6.45) is 3.40. The number of nitrogens with one attached hydrogen (secondary N) is 2. The first-order valence-electron chi connectivity index (χ1n) is 9.92. The zero-order valence-corrected chi connectivity index (χ0v) is 18.0. The molecule has 0 aliphatic carbocycles. The molecule has 2 aromatic rings. The first kappa shape index (κ1) is 23.0. The van der Waals surface area contributed by atoms with E-state index in [4.69, 9.17) is 9.47 Å². The van der Waals surface area contributed by atoms with Gasteiger partial charge < -0.3 is 20.1 Å². The quantitative estimate of drug-likeness (QED) is 0.680. The Hall–Kier alpha value is -3.28. The van der Waals surface area contributed by atoms with E-state index in [1.54, 1.807) is 20.8 Å². The van der Waals surface area contributed by atoms with Crippen LogP contribution >= 0.6 is 0 Å². The van der Waals surface area contributed by atoms with E-state index >= 15 is 0 Å². The average Bonchev–Trinajstić information content (AvgIpc) is 2.71. The van der Waals surface area contributed by atoms with Crippen molar-refractivity contribution in [3.8, 4) is 5.75 Å². The molecule has 0 bridgehead atoms. The summed E-state index contributed by atoms with van der Waals surface area (Å²) in [5, 5.41) is 5.18. The Morgan fingerprint density at radius 3 is 2.37 bits per heavy atom. The number of rotatable bonds is 8. The summed E-state index contributed by atoms with van der Waals surface area (Å²) in [5.41, 5.74) is 1.33. The highest BCUT2D eigenvalue weighted by atomic mass is 16.6. The van der Waals surface area contributed by atoms with Gasteiger partial charge in [0.25, 0.3) is 0 Å². The van der Waals surface area contributed by atoms with Gasteiger partial charge in [-0.25, -0.2) is 4.79 Å². The van der Waals surface area contributed by atoms with Crippen molar-refractivity contribution in [3.63, 3.8) is 0 Å². The van der Waals surface area contributed by atoms with E-state index in [9.17, 15) is 9.59 Å². The van der Waals surface area contributed by atoms with E-state index in [0.717, 1.165) is 16.9 Å². The number of carbonyl (C=O) groups excluding carboxylic acids is 2. The fourth-order valence-corrected chi connectivity index (χ4v) is 2.67. The Morgan fingerprint density at radius 1 is 1.03 bits per heavy atom.